The van der Waals surface area contributed by atoms with Crippen LogP contribution in [-0.2, 0) is 0 Å². The molecular weight excluding hydrogens is 277 g/mol. The minimum absolute atomic E-state index is 0.124. The highest BCUT2D eigenvalue weighted by atomic mass is 79.9. The molecule has 2 nitrogen and oxygen atoms in total. The molecule has 0 saturated carbocycles. The Balaban J connectivity index is 2.94. The monoisotopic (exact) mass is 289 g/mol. The summed E-state index contributed by atoms with van der Waals surface area (Å²) in [4.78, 5) is 0. The number of aromatic hydroxyl groups is 1. The summed E-state index contributed by atoms with van der Waals surface area (Å²) < 4.78 is 0.496. The molecular formula is C11H13BrClNO. The molecule has 0 radical (unpaired) electrons. The largest absolute Gasteiger partial charge is 0.506 e. The van der Waals surface area contributed by atoms with E-state index in [1.54, 1.807) is 12.1 Å². The highest BCUT2D eigenvalue weighted by Gasteiger charge is 2.14. The first-order valence-electron chi connectivity index (χ1n) is 4.61. The van der Waals surface area contributed by atoms with E-state index in [1.165, 1.54) is 0 Å². The average Bonchev–Trinajstić information content (AvgIpc) is 2.23. The lowest BCUT2D eigenvalue weighted by molar-refractivity contribution is 0.455. The maximum Gasteiger partial charge on any atom is 0.136 e. The van der Waals surface area contributed by atoms with Gasteiger partial charge >= 0.3 is 0 Å². The SMILES string of the molecule is C=CCC[C@H](N)c1ccc(Cl)c(Br)c1O. The van der Waals surface area contributed by atoms with Crippen LogP contribution in [0, 0.1) is 0 Å². The molecule has 0 aliphatic rings. The Morgan fingerprint density at radius 1 is 1.60 bits per heavy atom. The summed E-state index contributed by atoms with van der Waals surface area (Å²) in [6, 6.07) is 3.27. The van der Waals surface area contributed by atoms with Crippen LogP contribution in [0.3, 0.4) is 0 Å². The molecule has 0 fully saturated rings. The Morgan fingerprint density at radius 2 is 2.27 bits per heavy atom. The Labute approximate surface area is 103 Å². The number of hydrogen-bond acceptors (Lipinski definition) is 2. The molecule has 1 aromatic carbocycles. The summed E-state index contributed by atoms with van der Waals surface area (Å²) in [5, 5.41) is 10.3. The van der Waals surface area contributed by atoms with Gasteiger partial charge in [0.25, 0.3) is 0 Å². The van der Waals surface area contributed by atoms with E-state index in [0.29, 0.717) is 15.1 Å². The van der Waals surface area contributed by atoms with Crippen molar-refractivity contribution >= 4 is 27.5 Å². The maximum atomic E-state index is 9.81. The Kier molecular flexibility index (Phi) is 4.64. The van der Waals surface area contributed by atoms with Crippen molar-refractivity contribution in [2.45, 2.75) is 18.9 Å². The third-order valence-corrected chi connectivity index (χ3v) is 3.53. The van der Waals surface area contributed by atoms with Crippen LogP contribution in [0.5, 0.6) is 5.75 Å². The van der Waals surface area contributed by atoms with Crippen molar-refractivity contribution in [2.24, 2.45) is 5.73 Å². The Bertz CT molecular complexity index is 368. The lowest BCUT2D eigenvalue weighted by Gasteiger charge is -2.14. The molecule has 0 bridgehead atoms. The third kappa shape index (κ3) is 2.97. The number of allylic oxidation sites excluding steroid dienone is 1. The van der Waals surface area contributed by atoms with Gasteiger partial charge in [0.05, 0.1) is 9.50 Å². The molecule has 4 heteroatoms. The quantitative estimate of drug-likeness (QED) is 0.829. The fraction of sp³-hybridized carbons (Fsp3) is 0.273. The number of hydrogen-bond donors (Lipinski definition) is 2. The Morgan fingerprint density at radius 3 is 2.87 bits per heavy atom. The molecule has 1 rings (SSSR count). The summed E-state index contributed by atoms with van der Waals surface area (Å²) in [5.74, 6) is 0.124. The molecule has 1 atom stereocenters. The van der Waals surface area contributed by atoms with Gasteiger partial charge in [-0.05, 0) is 34.8 Å². The van der Waals surface area contributed by atoms with Gasteiger partial charge in [0, 0.05) is 11.6 Å². The molecule has 0 aliphatic heterocycles. The van der Waals surface area contributed by atoms with Crippen LogP contribution in [0.25, 0.3) is 0 Å². The Hall–Kier alpha value is -0.510. The van der Waals surface area contributed by atoms with E-state index in [4.69, 9.17) is 17.3 Å². The summed E-state index contributed by atoms with van der Waals surface area (Å²) in [5.41, 5.74) is 6.63. The van der Waals surface area contributed by atoms with Crippen molar-refractivity contribution in [1.29, 1.82) is 0 Å². The third-order valence-electron chi connectivity index (χ3n) is 2.18. The van der Waals surface area contributed by atoms with Crippen LogP contribution < -0.4 is 5.73 Å². The fourth-order valence-corrected chi connectivity index (χ4v) is 1.82. The van der Waals surface area contributed by atoms with Crippen LogP contribution in [0.2, 0.25) is 5.02 Å². The van der Waals surface area contributed by atoms with Crippen LogP contribution in [0.15, 0.2) is 29.3 Å². The highest BCUT2D eigenvalue weighted by Crippen LogP contribution is 2.37. The van der Waals surface area contributed by atoms with E-state index in [0.717, 1.165) is 12.8 Å². The van der Waals surface area contributed by atoms with Crippen molar-refractivity contribution < 1.29 is 5.11 Å². The van der Waals surface area contributed by atoms with Gasteiger partial charge in [0.15, 0.2) is 0 Å². The zero-order valence-electron chi connectivity index (χ0n) is 8.21. The van der Waals surface area contributed by atoms with Gasteiger partial charge < -0.3 is 10.8 Å². The van der Waals surface area contributed by atoms with Gasteiger partial charge in [-0.3, -0.25) is 0 Å². The second-order valence-electron chi connectivity index (χ2n) is 3.27. The van der Waals surface area contributed by atoms with Gasteiger partial charge in [-0.15, -0.1) is 6.58 Å². The molecule has 15 heavy (non-hydrogen) atoms. The van der Waals surface area contributed by atoms with Gasteiger partial charge in [-0.2, -0.15) is 0 Å². The molecule has 0 aliphatic carbocycles. The van der Waals surface area contributed by atoms with Crippen LogP contribution >= 0.6 is 27.5 Å². The number of nitrogens with two attached hydrogens (primary N) is 1. The second kappa shape index (κ2) is 5.54. The van der Waals surface area contributed by atoms with Crippen molar-refractivity contribution in [2.75, 3.05) is 0 Å². The van der Waals surface area contributed by atoms with Crippen molar-refractivity contribution in [3.8, 4) is 5.75 Å². The smallest absolute Gasteiger partial charge is 0.136 e. The van der Waals surface area contributed by atoms with Gasteiger partial charge in [0.2, 0.25) is 0 Å². The molecule has 0 spiro atoms. The summed E-state index contributed by atoms with van der Waals surface area (Å²) in [6.45, 7) is 3.63. The number of halogens is 2. The van der Waals surface area contributed by atoms with Crippen molar-refractivity contribution in [3.63, 3.8) is 0 Å². The maximum absolute atomic E-state index is 9.81. The molecule has 0 aromatic heterocycles. The number of rotatable bonds is 4. The van der Waals surface area contributed by atoms with Crippen LogP contribution in [0.1, 0.15) is 24.4 Å². The van der Waals surface area contributed by atoms with Gasteiger partial charge in [0.1, 0.15) is 5.75 Å². The first-order chi connectivity index (χ1) is 7.07. The fourth-order valence-electron chi connectivity index (χ4n) is 1.31. The average molecular weight is 291 g/mol. The zero-order chi connectivity index (χ0) is 11.4. The predicted octanol–water partition coefficient (Wildman–Crippen LogP) is 3.77. The van der Waals surface area contributed by atoms with E-state index >= 15 is 0 Å². The zero-order valence-corrected chi connectivity index (χ0v) is 10.6. The number of phenolic OH excluding ortho intramolecular Hbond substituents is 1. The molecule has 0 unspecified atom stereocenters. The first kappa shape index (κ1) is 12.6. The minimum Gasteiger partial charge on any atom is -0.506 e. The topological polar surface area (TPSA) is 46.2 Å². The second-order valence-corrected chi connectivity index (χ2v) is 4.47. The normalized spacial score (nSPS) is 12.5. The molecule has 1 aromatic rings. The van der Waals surface area contributed by atoms with Crippen molar-refractivity contribution in [1.82, 2.24) is 0 Å². The minimum atomic E-state index is -0.198. The van der Waals surface area contributed by atoms with Gasteiger partial charge in [-0.25, -0.2) is 0 Å². The van der Waals surface area contributed by atoms with Crippen LogP contribution in [0.4, 0.5) is 0 Å². The lowest BCUT2D eigenvalue weighted by Crippen LogP contribution is -2.10. The first-order valence-corrected chi connectivity index (χ1v) is 5.78. The number of benzene rings is 1. The molecule has 82 valence electrons. The summed E-state index contributed by atoms with van der Waals surface area (Å²) in [7, 11) is 0. The molecule has 0 saturated heterocycles. The lowest BCUT2D eigenvalue weighted by atomic mass is 10.0. The van der Waals surface area contributed by atoms with E-state index in [2.05, 4.69) is 22.5 Å². The number of phenols is 1. The van der Waals surface area contributed by atoms with E-state index in [9.17, 15) is 5.11 Å². The molecule has 0 amide bonds. The molecule has 3 N–H and O–H groups in total. The van der Waals surface area contributed by atoms with E-state index < -0.39 is 0 Å². The summed E-state index contributed by atoms with van der Waals surface area (Å²) in [6.07, 6.45) is 3.38. The van der Waals surface area contributed by atoms with Crippen molar-refractivity contribution in [3.05, 3.63) is 39.8 Å². The van der Waals surface area contributed by atoms with E-state index in [1.807, 2.05) is 6.08 Å². The predicted molar refractivity (Wildman–Crippen MR) is 67.2 cm³/mol. The van der Waals surface area contributed by atoms with E-state index in [-0.39, 0.29) is 11.8 Å². The van der Waals surface area contributed by atoms with Gasteiger partial charge in [-0.1, -0.05) is 23.7 Å². The summed E-state index contributed by atoms with van der Waals surface area (Å²) >= 11 is 9.04. The van der Waals surface area contributed by atoms with Crippen LogP contribution in [-0.4, -0.2) is 5.11 Å². The standard InChI is InChI=1S/C11H13BrClNO/c1-2-3-4-9(14)7-5-6-8(13)10(12)11(7)15/h2,5-6,9,15H,1,3-4,14H2/t9-/m0/s1. The highest BCUT2D eigenvalue weighted by molar-refractivity contribution is 9.10. The molecule has 0 heterocycles.